The van der Waals surface area contributed by atoms with Crippen LogP contribution in [-0.4, -0.2) is 22.4 Å². The van der Waals surface area contributed by atoms with Gasteiger partial charge in [-0.1, -0.05) is 41.5 Å². The molecule has 24 heavy (non-hydrogen) atoms. The van der Waals surface area contributed by atoms with Crippen LogP contribution in [0.3, 0.4) is 0 Å². The summed E-state index contributed by atoms with van der Waals surface area (Å²) in [7, 11) is 0. The minimum Gasteiger partial charge on any atom is -0.507 e. The largest absolute Gasteiger partial charge is 0.507 e. The average Bonchev–Trinajstić information content (AvgIpc) is 2.60. The van der Waals surface area contributed by atoms with Gasteiger partial charge in [0, 0.05) is 11.1 Å². The van der Waals surface area contributed by atoms with E-state index in [-0.39, 0.29) is 5.56 Å². The lowest BCUT2D eigenvalue weighted by Crippen LogP contribution is -2.47. The van der Waals surface area contributed by atoms with Crippen LogP contribution in [0.15, 0.2) is 6.07 Å². The maximum Gasteiger partial charge on any atom is 0.432 e. The quantitative estimate of drug-likeness (QED) is 0.556. The first-order valence-electron chi connectivity index (χ1n) is 7.45. The van der Waals surface area contributed by atoms with Gasteiger partial charge in [-0.2, -0.15) is 13.2 Å². The highest BCUT2D eigenvalue weighted by atomic mass is 19.4. The van der Waals surface area contributed by atoms with E-state index in [1.807, 2.05) is 0 Å². The number of phenols is 1. The summed E-state index contributed by atoms with van der Waals surface area (Å²) in [5.74, 6) is -3.04. The summed E-state index contributed by atoms with van der Waals surface area (Å²) in [6.45, 7) is 10.4. The summed E-state index contributed by atoms with van der Waals surface area (Å²) < 4.78 is 45.1. The van der Waals surface area contributed by atoms with Gasteiger partial charge in [-0.05, 0) is 16.9 Å². The molecule has 0 spiro atoms. The maximum atomic E-state index is 13.4. The lowest BCUT2D eigenvalue weighted by atomic mass is 9.76. The van der Waals surface area contributed by atoms with Crippen LogP contribution in [0.1, 0.15) is 58.2 Å². The van der Waals surface area contributed by atoms with E-state index in [0.29, 0.717) is 5.56 Å². The monoisotopic (exact) mass is 346 g/mol. The molecule has 134 valence electrons. The molecule has 4 nitrogen and oxygen atoms in total. The molecular weight excluding hydrogens is 325 g/mol. The highest BCUT2D eigenvalue weighted by Gasteiger charge is 2.68. The van der Waals surface area contributed by atoms with Crippen molar-refractivity contribution in [2.75, 3.05) is 0 Å². The number of carbonyl (C=O) groups excluding carboxylic acids is 1. The predicted octanol–water partition coefficient (Wildman–Crippen LogP) is 3.66. The van der Waals surface area contributed by atoms with Crippen LogP contribution in [0.5, 0.6) is 11.5 Å². The number of fused-ring (bicyclic) bond motifs is 1. The molecule has 0 saturated heterocycles. The van der Waals surface area contributed by atoms with E-state index in [1.54, 1.807) is 41.5 Å². The number of carbonyl (C=O) groups is 1. The fourth-order valence-electron chi connectivity index (χ4n) is 2.75. The molecule has 1 aliphatic rings. The Labute approximate surface area is 138 Å². The Morgan fingerprint density at radius 1 is 1.00 bits per heavy atom. The third kappa shape index (κ3) is 2.46. The van der Waals surface area contributed by atoms with Crippen LogP contribution >= 0.6 is 0 Å². The Balaban J connectivity index is 2.99. The van der Waals surface area contributed by atoms with Gasteiger partial charge in [-0.25, -0.2) is 4.79 Å². The number of alkyl halides is 3. The zero-order valence-corrected chi connectivity index (χ0v) is 14.4. The van der Waals surface area contributed by atoms with Gasteiger partial charge in [0.15, 0.2) is 0 Å². The fraction of sp³-hybridized carbons (Fsp3) is 0.588. The highest BCUT2D eigenvalue weighted by molar-refractivity contribution is 5.92. The Hall–Kier alpha value is -1.76. The Morgan fingerprint density at radius 2 is 1.46 bits per heavy atom. The SMILES string of the molecule is CC(C)(C)c1cc(C(C)(C)C)c2c(c1O)[C@@](O)(C(F)(F)F)C(=O)O2. The molecule has 0 bridgehead atoms. The molecular formula is C17H21F3O4. The van der Waals surface area contributed by atoms with Crippen molar-refractivity contribution >= 4 is 5.97 Å². The van der Waals surface area contributed by atoms with E-state index in [1.165, 1.54) is 6.07 Å². The van der Waals surface area contributed by atoms with Crippen molar-refractivity contribution in [3.05, 3.63) is 22.8 Å². The van der Waals surface area contributed by atoms with Crippen molar-refractivity contribution in [1.29, 1.82) is 0 Å². The lowest BCUT2D eigenvalue weighted by molar-refractivity contribution is -0.258. The zero-order valence-electron chi connectivity index (χ0n) is 14.4. The number of aliphatic hydroxyl groups is 1. The minimum atomic E-state index is -5.32. The van der Waals surface area contributed by atoms with Crippen molar-refractivity contribution < 1.29 is 32.9 Å². The number of benzene rings is 1. The number of hydrogen-bond acceptors (Lipinski definition) is 4. The van der Waals surface area contributed by atoms with E-state index in [2.05, 4.69) is 0 Å². The molecule has 1 atom stereocenters. The van der Waals surface area contributed by atoms with Gasteiger partial charge >= 0.3 is 12.1 Å². The molecule has 7 heteroatoms. The molecule has 0 unspecified atom stereocenters. The molecule has 0 aliphatic carbocycles. The van der Waals surface area contributed by atoms with Crippen molar-refractivity contribution in [2.45, 2.75) is 64.1 Å². The van der Waals surface area contributed by atoms with Gasteiger partial charge in [-0.15, -0.1) is 0 Å². The van der Waals surface area contributed by atoms with Crippen LogP contribution in [0.2, 0.25) is 0 Å². The van der Waals surface area contributed by atoms with Crippen LogP contribution < -0.4 is 4.74 Å². The van der Waals surface area contributed by atoms with E-state index < -0.39 is 45.6 Å². The summed E-state index contributed by atoms with van der Waals surface area (Å²) in [5.41, 5.74) is -5.67. The highest BCUT2D eigenvalue weighted by Crippen LogP contribution is 2.56. The number of phenolic OH excluding ortho intramolecular Hbond substituents is 1. The van der Waals surface area contributed by atoms with E-state index >= 15 is 0 Å². The second-order valence-electron chi connectivity index (χ2n) is 8.12. The molecule has 0 amide bonds. The van der Waals surface area contributed by atoms with Crippen molar-refractivity contribution in [2.24, 2.45) is 0 Å². The summed E-state index contributed by atoms with van der Waals surface area (Å²) in [6, 6.07) is 1.53. The van der Waals surface area contributed by atoms with E-state index in [9.17, 15) is 28.2 Å². The molecule has 0 radical (unpaired) electrons. The van der Waals surface area contributed by atoms with Gasteiger partial charge in [-0.3, -0.25) is 0 Å². The van der Waals surface area contributed by atoms with Crippen LogP contribution in [0.4, 0.5) is 13.2 Å². The molecule has 1 heterocycles. The van der Waals surface area contributed by atoms with Crippen molar-refractivity contribution in [3.63, 3.8) is 0 Å². The zero-order chi connectivity index (χ0) is 18.9. The number of rotatable bonds is 0. The Kier molecular flexibility index (Phi) is 3.77. The number of hydrogen-bond donors (Lipinski definition) is 2. The van der Waals surface area contributed by atoms with Crippen LogP contribution in [0.25, 0.3) is 0 Å². The molecule has 2 rings (SSSR count). The summed E-state index contributed by atoms with van der Waals surface area (Å²) in [5, 5.41) is 20.6. The van der Waals surface area contributed by atoms with Crippen molar-refractivity contribution in [3.8, 4) is 11.5 Å². The average molecular weight is 346 g/mol. The molecule has 1 aromatic carbocycles. The number of halogens is 3. The minimum absolute atomic E-state index is 0.201. The number of ether oxygens (including phenoxy) is 1. The number of esters is 1. The third-order valence-electron chi connectivity index (χ3n) is 4.13. The second-order valence-corrected chi connectivity index (χ2v) is 8.12. The fourth-order valence-corrected chi connectivity index (χ4v) is 2.75. The van der Waals surface area contributed by atoms with Gasteiger partial charge in [0.1, 0.15) is 11.5 Å². The predicted molar refractivity (Wildman–Crippen MR) is 81.1 cm³/mol. The molecule has 0 saturated carbocycles. The third-order valence-corrected chi connectivity index (χ3v) is 4.13. The summed E-state index contributed by atoms with van der Waals surface area (Å²) in [4.78, 5) is 11.9. The molecule has 2 N–H and O–H groups in total. The first kappa shape index (κ1) is 18.6. The molecule has 0 fully saturated rings. The molecule has 0 aromatic heterocycles. The van der Waals surface area contributed by atoms with Gasteiger partial charge < -0.3 is 14.9 Å². The summed E-state index contributed by atoms with van der Waals surface area (Å²) >= 11 is 0. The van der Waals surface area contributed by atoms with Crippen LogP contribution in [0, 0.1) is 0 Å². The standard InChI is InChI=1S/C17H21F3O4/c1-14(2,3)8-7-9(15(4,5)6)12-10(11(8)21)16(23,13(22)24-12)17(18,19)20/h7,21,23H,1-6H3/t16-/m0/s1. The second kappa shape index (κ2) is 4.88. The van der Waals surface area contributed by atoms with Gasteiger partial charge in [0.2, 0.25) is 0 Å². The topological polar surface area (TPSA) is 66.8 Å². The van der Waals surface area contributed by atoms with Gasteiger partial charge in [0.25, 0.3) is 5.60 Å². The maximum absolute atomic E-state index is 13.4. The summed E-state index contributed by atoms with van der Waals surface area (Å²) in [6.07, 6.45) is -5.32. The molecule has 1 aromatic rings. The van der Waals surface area contributed by atoms with Crippen molar-refractivity contribution in [1.82, 2.24) is 0 Å². The first-order chi connectivity index (χ1) is 10.5. The van der Waals surface area contributed by atoms with E-state index in [0.717, 1.165) is 0 Å². The molecule has 1 aliphatic heterocycles. The smallest absolute Gasteiger partial charge is 0.432 e. The van der Waals surface area contributed by atoms with Gasteiger partial charge in [0.05, 0.1) is 5.56 Å². The normalized spacial score (nSPS) is 21.7. The number of aromatic hydroxyl groups is 1. The lowest BCUT2D eigenvalue weighted by Gasteiger charge is -2.30. The van der Waals surface area contributed by atoms with Crippen LogP contribution in [-0.2, 0) is 21.2 Å². The first-order valence-corrected chi connectivity index (χ1v) is 7.45. The van der Waals surface area contributed by atoms with E-state index in [4.69, 9.17) is 4.74 Å². The Bertz CT molecular complexity index is 709. The Morgan fingerprint density at radius 3 is 1.83 bits per heavy atom.